The molecule has 0 fully saturated rings. The van der Waals surface area contributed by atoms with Crippen LogP contribution in [0.25, 0.3) is 0 Å². The van der Waals surface area contributed by atoms with Gasteiger partial charge in [0.25, 0.3) is 0 Å². The summed E-state index contributed by atoms with van der Waals surface area (Å²) in [6.45, 7) is 5.37. The highest BCUT2D eigenvalue weighted by Crippen LogP contribution is 2.21. The predicted octanol–water partition coefficient (Wildman–Crippen LogP) is 2.33. The van der Waals surface area contributed by atoms with Gasteiger partial charge in [-0.1, -0.05) is 25.1 Å². The molecule has 0 aliphatic heterocycles. The molecule has 0 bridgehead atoms. The summed E-state index contributed by atoms with van der Waals surface area (Å²) in [6, 6.07) is 8.90. The Morgan fingerprint density at radius 2 is 1.88 bits per heavy atom. The fourth-order valence-electron chi connectivity index (χ4n) is 2.81. The number of aryl methyl sites for hydroxylation is 2. The van der Waals surface area contributed by atoms with Crippen LogP contribution in [0.2, 0.25) is 0 Å². The normalized spacial score (nSPS) is 12.0. The first-order valence-electron chi connectivity index (χ1n) is 7.88. The number of carboxylic acid groups (broad SMARTS) is 1. The molecular formula is C18H23N3O3. The molecule has 24 heavy (non-hydrogen) atoms. The molecule has 1 aromatic carbocycles. The minimum atomic E-state index is -1.03. The molecule has 1 heterocycles. The van der Waals surface area contributed by atoms with Gasteiger partial charge in [0.2, 0.25) is 5.91 Å². The number of nitrogens with zero attached hydrogens (tertiary/aromatic N) is 3. The monoisotopic (exact) mass is 329 g/mol. The lowest BCUT2D eigenvalue weighted by Gasteiger charge is -2.24. The lowest BCUT2D eigenvalue weighted by atomic mass is 9.98. The molecule has 0 aliphatic carbocycles. The van der Waals surface area contributed by atoms with Crippen LogP contribution in [-0.4, -0.2) is 33.3 Å². The second-order valence-electron chi connectivity index (χ2n) is 6.03. The summed E-state index contributed by atoms with van der Waals surface area (Å²) in [7, 11) is 1.87. The Kier molecular flexibility index (Phi) is 5.39. The van der Waals surface area contributed by atoms with E-state index in [9.17, 15) is 9.59 Å². The average Bonchev–Trinajstić information content (AvgIpc) is 2.79. The molecule has 2 aromatic rings. The lowest BCUT2D eigenvalue weighted by molar-refractivity contribution is -0.137. The first kappa shape index (κ1) is 17.7. The lowest BCUT2D eigenvalue weighted by Crippen LogP contribution is -2.39. The van der Waals surface area contributed by atoms with Gasteiger partial charge >= 0.3 is 5.97 Å². The molecule has 6 nitrogen and oxygen atoms in total. The van der Waals surface area contributed by atoms with Crippen molar-refractivity contribution < 1.29 is 14.7 Å². The van der Waals surface area contributed by atoms with Crippen LogP contribution in [-0.2, 0) is 23.1 Å². The van der Waals surface area contributed by atoms with Gasteiger partial charge in [0.15, 0.2) is 0 Å². The first-order valence-corrected chi connectivity index (χ1v) is 7.88. The van der Waals surface area contributed by atoms with Crippen LogP contribution in [0.15, 0.2) is 30.3 Å². The van der Waals surface area contributed by atoms with Crippen molar-refractivity contribution in [2.24, 2.45) is 13.0 Å². The minimum absolute atomic E-state index is 0.203. The molecule has 0 aliphatic rings. The van der Waals surface area contributed by atoms with Crippen LogP contribution in [0.1, 0.15) is 23.9 Å². The quantitative estimate of drug-likeness (QED) is 0.882. The van der Waals surface area contributed by atoms with Crippen molar-refractivity contribution in [2.45, 2.75) is 27.2 Å². The van der Waals surface area contributed by atoms with Crippen LogP contribution in [0.5, 0.6) is 0 Å². The maximum atomic E-state index is 12.8. The Morgan fingerprint density at radius 3 is 2.38 bits per heavy atom. The van der Waals surface area contributed by atoms with E-state index in [1.54, 1.807) is 28.9 Å². The van der Waals surface area contributed by atoms with Crippen LogP contribution < -0.4 is 4.90 Å². The highest BCUT2D eigenvalue weighted by molar-refractivity contribution is 5.98. The summed E-state index contributed by atoms with van der Waals surface area (Å²) < 4.78 is 1.80. The number of carboxylic acids is 1. The zero-order valence-corrected chi connectivity index (χ0v) is 14.5. The van der Waals surface area contributed by atoms with Gasteiger partial charge in [-0.05, 0) is 38.0 Å². The van der Waals surface area contributed by atoms with Crippen LogP contribution in [0, 0.1) is 19.8 Å². The Labute approximate surface area is 141 Å². The van der Waals surface area contributed by atoms with Crippen molar-refractivity contribution in [2.75, 3.05) is 11.4 Å². The van der Waals surface area contributed by atoms with Gasteiger partial charge < -0.3 is 10.0 Å². The number of para-hydroxylation sites is 1. The third-order valence-corrected chi connectivity index (χ3v) is 4.22. The number of anilines is 1. The van der Waals surface area contributed by atoms with Gasteiger partial charge in [0.05, 0.1) is 5.69 Å². The maximum Gasteiger partial charge on any atom is 0.323 e. The Hall–Kier alpha value is -2.63. The zero-order valence-electron chi connectivity index (χ0n) is 14.5. The van der Waals surface area contributed by atoms with Gasteiger partial charge in [-0.3, -0.25) is 14.3 Å². The van der Waals surface area contributed by atoms with Gasteiger partial charge in [0.1, 0.15) is 6.54 Å². The number of benzene rings is 1. The summed E-state index contributed by atoms with van der Waals surface area (Å²) in [5.41, 5.74) is 3.56. The molecule has 6 heteroatoms. The van der Waals surface area contributed by atoms with Crippen LogP contribution in [0.4, 0.5) is 5.69 Å². The number of hydrogen-bond acceptors (Lipinski definition) is 3. The second-order valence-corrected chi connectivity index (χ2v) is 6.03. The van der Waals surface area contributed by atoms with Crippen molar-refractivity contribution in [3.05, 3.63) is 47.3 Å². The fraction of sp³-hybridized carbons (Fsp3) is 0.389. The van der Waals surface area contributed by atoms with E-state index in [0.717, 1.165) is 17.0 Å². The summed E-state index contributed by atoms with van der Waals surface area (Å²) in [5, 5.41) is 13.5. The topological polar surface area (TPSA) is 75.4 Å². The van der Waals surface area contributed by atoms with Crippen LogP contribution in [0.3, 0.4) is 0 Å². The summed E-state index contributed by atoms with van der Waals surface area (Å²) in [5.74, 6) is -1.58. The minimum Gasteiger partial charge on any atom is -0.480 e. The van der Waals surface area contributed by atoms with E-state index in [0.29, 0.717) is 12.1 Å². The number of carbonyl (C=O) groups is 2. The highest BCUT2D eigenvalue weighted by atomic mass is 16.4. The van der Waals surface area contributed by atoms with Gasteiger partial charge in [-0.15, -0.1) is 0 Å². The van der Waals surface area contributed by atoms with E-state index >= 15 is 0 Å². The predicted molar refractivity (Wildman–Crippen MR) is 92.0 cm³/mol. The molecule has 0 saturated heterocycles. The number of hydrogen-bond donors (Lipinski definition) is 1. The molecule has 0 radical (unpaired) electrons. The Bertz CT molecular complexity index is 737. The van der Waals surface area contributed by atoms with Crippen molar-refractivity contribution in [1.29, 1.82) is 0 Å². The average molecular weight is 329 g/mol. The van der Waals surface area contributed by atoms with Crippen molar-refractivity contribution in [1.82, 2.24) is 9.78 Å². The molecule has 0 spiro atoms. The van der Waals surface area contributed by atoms with Gasteiger partial charge in [-0.25, -0.2) is 0 Å². The number of rotatable bonds is 6. The maximum absolute atomic E-state index is 12.8. The number of carbonyl (C=O) groups excluding carboxylic acids is 1. The van der Waals surface area contributed by atoms with E-state index < -0.39 is 5.97 Å². The fourth-order valence-corrected chi connectivity index (χ4v) is 2.81. The van der Waals surface area contributed by atoms with Gasteiger partial charge in [-0.2, -0.15) is 5.10 Å². The molecule has 1 N–H and O–H groups in total. The van der Waals surface area contributed by atoms with Crippen molar-refractivity contribution in [3.63, 3.8) is 0 Å². The number of aromatic nitrogens is 2. The van der Waals surface area contributed by atoms with E-state index in [1.807, 2.05) is 33.9 Å². The summed E-state index contributed by atoms with van der Waals surface area (Å²) in [6.07, 6.45) is 0.535. The number of aliphatic carboxylic acids is 1. The second kappa shape index (κ2) is 7.29. The zero-order chi connectivity index (χ0) is 17.9. The molecule has 128 valence electrons. The third kappa shape index (κ3) is 3.82. The third-order valence-electron chi connectivity index (χ3n) is 4.22. The Balaban J connectivity index is 2.24. The molecule has 1 amide bonds. The largest absolute Gasteiger partial charge is 0.480 e. The standard InChI is InChI=1S/C18H23N3O3/c1-12(10-16-13(2)19-20(4)14(16)3)18(24)21(11-17(22)23)15-8-6-5-7-9-15/h5-9,12H,10-11H2,1-4H3,(H,22,23). The SMILES string of the molecule is Cc1nn(C)c(C)c1CC(C)C(=O)N(CC(=O)O)c1ccccc1. The van der Waals surface area contributed by atoms with Crippen molar-refractivity contribution >= 4 is 17.6 Å². The molecule has 1 unspecified atom stereocenters. The first-order chi connectivity index (χ1) is 11.3. The number of amides is 1. The van der Waals surface area contributed by atoms with E-state index in [4.69, 9.17) is 5.11 Å². The smallest absolute Gasteiger partial charge is 0.323 e. The molecule has 1 atom stereocenters. The Morgan fingerprint density at radius 1 is 1.25 bits per heavy atom. The molecular weight excluding hydrogens is 306 g/mol. The summed E-state index contributed by atoms with van der Waals surface area (Å²) in [4.78, 5) is 25.3. The van der Waals surface area contributed by atoms with Crippen LogP contribution >= 0.6 is 0 Å². The van der Waals surface area contributed by atoms with Gasteiger partial charge in [0, 0.05) is 24.3 Å². The van der Waals surface area contributed by atoms with E-state index in [1.165, 1.54) is 4.90 Å². The van der Waals surface area contributed by atoms with Crippen molar-refractivity contribution in [3.8, 4) is 0 Å². The highest BCUT2D eigenvalue weighted by Gasteiger charge is 2.25. The summed E-state index contributed by atoms with van der Waals surface area (Å²) >= 11 is 0. The van der Waals surface area contributed by atoms with E-state index in [-0.39, 0.29) is 18.4 Å². The molecule has 1 aromatic heterocycles. The molecule has 2 rings (SSSR count). The van der Waals surface area contributed by atoms with E-state index in [2.05, 4.69) is 5.10 Å². The molecule has 0 saturated carbocycles.